The van der Waals surface area contributed by atoms with E-state index in [9.17, 15) is 13.2 Å². The van der Waals surface area contributed by atoms with Gasteiger partial charge in [-0.2, -0.15) is 13.2 Å². The molecule has 16 heavy (non-hydrogen) atoms. The van der Waals surface area contributed by atoms with Crippen LogP contribution in [-0.2, 0) is 0 Å². The second kappa shape index (κ2) is 7.12. The van der Waals surface area contributed by atoms with Crippen molar-refractivity contribution in [3.8, 4) is 0 Å². The van der Waals surface area contributed by atoms with Crippen molar-refractivity contribution < 1.29 is 13.2 Å². The number of alkyl halides is 3. The summed E-state index contributed by atoms with van der Waals surface area (Å²) in [6, 6.07) is -0.201. The van der Waals surface area contributed by atoms with Gasteiger partial charge in [0, 0.05) is 18.6 Å². The molecule has 98 valence electrons. The summed E-state index contributed by atoms with van der Waals surface area (Å²) in [6.45, 7) is 8.07. The van der Waals surface area contributed by atoms with Crippen LogP contribution < -0.4 is 5.32 Å². The van der Waals surface area contributed by atoms with Crippen LogP contribution in [0.3, 0.4) is 0 Å². The van der Waals surface area contributed by atoms with Gasteiger partial charge >= 0.3 is 6.18 Å². The molecular formula is C11H23F3N2. The van der Waals surface area contributed by atoms with E-state index in [0.29, 0.717) is 6.54 Å². The Morgan fingerprint density at radius 2 is 1.75 bits per heavy atom. The maximum atomic E-state index is 12.4. The molecule has 0 aromatic carbocycles. The molecule has 0 aromatic rings. The maximum absolute atomic E-state index is 12.4. The van der Waals surface area contributed by atoms with Crippen LogP contribution in [0.1, 0.15) is 34.1 Å². The first-order chi connectivity index (χ1) is 7.28. The first kappa shape index (κ1) is 15.7. The Balaban J connectivity index is 4.19. The quantitative estimate of drug-likeness (QED) is 0.688. The molecule has 1 unspecified atom stereocenters. The van der Waals surface area contributed by atoms with Gasteiger partial charge in [0.05, 0.1) is 6.54 Å². The van der Waals surface area contributed by atoms with E-state index in [-0.39, 0.29) is 12.1 Å². The first-order valence-corrected chi connectivity index (χ1v) is 5.81. The fourth-order valence-electron chi connectivity index (χ4n) is 1.66. The summed E-state index contributed by atoms with van der Waals surface area (Å²) in [5, 5.41) is 3.15. The van der Waals surface area contributed by atoms with Crippen molar-refractivity contribution in [1.82, 2.24) is 10.2 Å². The summed E-state index contributed by atoms with van der Waals surface area (Å²) in [4.78, 5) is 1.47. The molecule has 0 heterocycles. The molecule has 5 heteroatoms. The summed E-state index contributed by atoms with van der Waals surface area (Å²) in [7, 11) is 0. The third-order valence-electron chi connectivity index (χ3n) is 2.46. The smallest absolute Gasteiger partial charge is 0.315 e. The van der Waals surface area contributed by atoms with Gasteiger partial charge in [-0.05, 0) is 33.7 Å². The molecule has 2 nitrogen and oxygen atoms in total. The number of nitrogens with zero attached hydrogens (tertiary/aromatic N) is 1. The summed E-state index contributed by atoms with van der Waals surface area (Å²) in [6.07, 6.45) is -3.13. The van der Waals surface area contributed by atoms with Crippen LogP contribution in [0.15, 0.2) is 0 Å². The van der Waals surface area contributed by atoms with E-state index >= 15 is 0 Å². The molecule has 0 rings (SSSR count). The van der Waals surface area contributed by atoms with Crippen molar-refractivity contribution in [1.29, 1.82) is 0 Å². The molecule has 0 aliphatic rings. The molecule has 0 saturated heterocycles. The van der Waals surface area contributed by atoms with E-state index in [1.54, 1.807) is 13.8 Å². The molecule has 0 aliphatic carbocycles. The van der Waals surface area contributed by atoms with E-state index in [4.69, 9.17) is 0 Å². The maximum Gasteiger partial charge on any atom is 0.401 e. The average Bonchev–Trinajstić information content (AvgIpc) is 2.12. The number of nitrogens with one attached hydrogen (secondary N) is 1. The summed E-state index contributed by atoms with van der Waals surface area (Å²) >= 11 is 0. The highest BCUT2D eigenvalue weighted by Gasteiger charge is 2.33. The third kappa shape index (κ3) is 7.06. The molecule has 0 saturated carbocycles. The highest BCUT2D eigenvalue weighted by atomic mass is 19.4. The van der Waals surface area contributed by atoms with Crippen molar-refractivity contribution in [2.24, 2.45) is 0 Å². The number of rotatable bonds is 7. The van der Waals surface area contributed by atoms with Crippen LogP contribution in [-0.4, -0.2) is 42.8 Å². The van der Waals surface area contributed by atoms with E-state index in [1.807, 2.05) is 13.8 Å². The third-order valence-corrected chi connectivity index (χ3v) is 2.46. The van der Waals surface area contributed by atoms with Gasteiger partial charge < -0.3 is 5.32 Å². The monoisotopic (exact) mass is 240 g/mol. The van der Waals surface area contributed by atoms with E-state index in [1.165, 1.54) is 4.90 Å². The average molecular weight is 240 g/mol. The zero-order valence-corrected chi connectivity index (χ0v) is 10.6. The summed E-state index contributed by atoms with van der Waals surface area (Å²) in [5.41, 5.74) is 0. The van der Waals surface area contributed by atoms with Crippen LogP contribution in [0, 0.1) is 0 Å². The predicted octanol–water partition coefficient (Wildman–Crippen LogP) is 2.65. The van der Waals surface area contributed by atoms with Gasteiger partial charge in [0.1, 0.15) is 0 Å². The first-order valence-electron chi connectivity index (χ1n) is 5.81. The Morgan fingerprint density at radius 3 is 2.12 bits per heavy atom. The lowest BCUT2D eigenvalue weighted by Gasteiger charge is -2.33. The molecule has 0 bridgehead atoms. The minimum absolute atomic E-state index is 0.0972. The topological polar surface area (TPSA) is 15.3 Å². The number of halogens is 3. The van der Waals surface area contributed by atoms with Gasteiger partial charge in [0.2, 0.25) is 0 Å². The fourth-order valence-corrected chi connectivity index (χ4v) is 1.66. The van der Waals surface area contributed by atoms with Gasteiger partial charge in [-0.25, -0.2) is 0 Å². The van der Waals surface area contributed by atoms with Gasteiger partial charge in [-0.15, -0.1) is 0 Å². The SMILES string of the molecule is CCCNCC(C)N(CC(F)(F)F)C(C)C. The fraction of sp³-hybridized carbons (Fsp3) is 1.00. The highest BCUT2D eigenvalue weighted by molar-refractivity contribution is 4.75. The molecule has 0 aromatic heterocycles. The minimum Gasteiger partial charge on any atom is -0.315 e. The van der Waals surface area contributed by atoms with Crippen LogP contribution >= 0.6 is 0 Å². The van der Waals surface area contributed by atoms with E-state index < -0.39 is 12.7 Å². The Morgan fingerprint density at radius 1 is 1.19 bits per heavy atom. The lowest BCUT2D eigenvalue weighted by Crippen LogP contribution is -2.48. The van der Waals surface area contributed by atoms with Crippen LogP contribution in [0.4, 0.5) is 13.2 Å². The Kier molecular flexibility index (Phi) is 6.99. The van der Waals surface area contributed by atoms with Gasteiger partial charge in [0.25, 0.3) is 0 Å². The second-order valence-corrected chi connectivity index (χ2v) is 4.43. The Labute approximate surface area is 96.2 Å². The molecule has 0 amide bonds. The lowest BCUT2D eigenvalue weighted by atomic mass is 10.2. The number of hydrogen-bond donors (Lipinski definition) is 1. The van der Waals surface area contributed by atoms with E-state index in [0.717, 1.165) is 13.0 Å². The zero-order chi connectivity index (χ0) is 12.8. The molecule has 0 spiro atoms. The van der Waals surface area contributed by atoms with Gasteiger partial charge in [-0.1, -0.05) is 6.92 Å². The van der Waals surface area contributed by atoms with E-state index in [2.05, 4.69) is 5.32 Å². The van der Waals surface area contributed by atoms with Gasteiger partial charge in [0.15, 0.2) is 0 Å². The summed E-state index contributed by atoms with van der Waals surface area (Å²) < 4.78 is 37.1. The molecule has 0 aliphatic heterocycles. The minimum atomic E-state index is -4.12. The van der Waals surface area contributed by atoms with Crippen molar-refractivity contribution in [2.45, 2.75) is 52.4 Å². The van der Waals surface area contributed by atoms with Crippen LogP contribution in [0.2, 0.25) is 0 Å². The summed E-state index contributed by atoms with van der Waals surface area (Å²) in [5.74, 6) is 0. The Hall–Kier alpha value is -0.290. The predicted molar refractivity (Wildman–Crippen MR) is 60.5 cm³/mol. The number of hydrogen-bond acceptors (Lipinski definition) is 2. The zero-order valence-electron chi connectivity index (χ0n) is 10.6. The second-order valence-electron chi connectivity index (χ2n) is 4.43. The van der Waals surface area contributed by atoms with Crippen molar-refractivity contribution in [3.05, 3.63) is 0 Å². The molecule has 0 fully saturated rings. The molecule has 1 N–H and O–H groups in total. The molecular weight excluding hydrogens is 217 g/mol. The van der Waals surface area contributed by atoms with Crippen LogP contribution in [0.5, 0.6) is 0 Å². The van der Waals surface area contributed by atoms with Gasteiger partial charge in [-0.3, -0.25) is 4.90 Å². The lowest BCUT2D eigenvalue weighted by molar-refractivity contribution is -0.154. The highest BCUT2D eigenvalue weighted by Crippen LogP contribution is 2.19. The van der Waals surface area contributed by atoms with Crippen molar-refractivity contribution in [2.75, 3.05) is 19.6 Å². The molecule has 1 atom stereocenters. The normalized spacial score (nSPS) is 14.8. The van der Waals surface area contributed by atoms with Crippen LogP contribution in [0.25, 0.3) is 0 Å². The van der Waals surface area contributed by atoms with Crippen molar-refractivity contribution >= 4 is 0 Å². The standard InChI is InChI=1S/C11H23F3N2/c1-5-6-15-7-10(4)16(9(2)3)8-11(12,13)14/h9-10,15H,5-8H2,1-4H3. The largest absolute Gasteiger partial charge is 0.401 e. The van der Waals surface area contributed by atoms with Crippen molar-refractivity contribution in [3.63, 3.8) is 0 Å². The molecule has 0 radical (unpaired) electrons. The Bertz CT molecular complexity index is 181.